The molecule has 1 heterocycles. The van der Waals surface area contributed by atoms with Crippen molar-refractivity contribution >= 4 is 9.84 Å². The zero-order chi connectivity index (χ0) is 15.5. The largest absolute Gasteiger partial charge is 0.306 e. The second-order valence-corrected chi connectivity index (χ2v) is 7.27. The Hall–Kier alpha value is -1.72. The van der Waals surface area contributed by atoms with Crippen molar-refractivity contribution in [1.82, 2.24) is 10.3 Å². The van der Waals surface area contributed by atoms with Crippen molar-refractivity contribution < 1.29 is 8.42 Å². The Balaban J connectivity index is 2.09. The first-order valence-electron chi connectivity index (χ1n) is 6.81. The molecule has 1 N–H and O–H groups in total. The lowest BCUT2D eigenvalue weighted by atomic mass is 10.0. The summed E-state index contributed by atoms with van der Waals surface area (Å²) < 4.78 is 23.1. The Morgan fingerprint density at radius 3 is 2.71 bits per heavy atom. The fourth-order valence-corrected chi connectivity index (χ4v) is 2.93. The highest BCUT2D eigenvalue weighted by Gasteiger charge is 2.10. The van der Waals surface area contributed by atoms with Gasteiger partial charge in [0.15, 0.2) is 9.84 Å². The Morgan fingerprint density at radius 2 is 2.05 bits per heavy atom. The second-order valence-electron chi connectivity index (χ2n) is 5.25. The van der Waals surface area contributed by atoms with Crippen molar-refractivity contribution in [3.63, 3.8) is 0 Å². The molecular formula is C16H20N2O2S. The standard InChI is InChI=1S/C16H20N2O2S/c1-12-10-17-8-7-16(12)13(2)18-11-14-5-4-6-15(9-14)21(3,19)20/h4-10,13,18H,11H2,1-3H3. The highest BCUT2D eigenvalue weighted by atomic mass is 32.2. The minimum absolute atomic E-state index is 0.176. The van der Waals surface area contributed by atoms with Crippen molar-refractivity contribution in [3.8, 4) is 0 Å². The summed E-state index contributed by atoms with van der Waals surface area (Å²) >= 11 is 0. The molecule has 0 fully saturated rings. The fourth-order valence-electron chi connectivity index (χ4n) is 2.24. The van der Waals surface area contributed by atoms with Gasteiger partial charge in [-0.15, -0.1) is 0 Å². The van der Waals surface area contributed by atoms with E-state index in [0.29, 0.717) is 11.4 Å². The summed E-state index contributed by atoms with van der Waals surface area (Å²) in [4.78, 5) is 4.45. The molecule has 2 rings (SSSR count). The summed E-state index contributed by atoms with van der Waals surface area (Å²) in [5.41, 5.74) is 3.29. The molecule has 1 aromatic carbocycles. The van der Waals surface area contributed by atoms with Crippen LogP contribution in [0.3, 0.4) is 0 Å². The Labute approximate surface area is 126 Å². The second kappa shape index (κ2) is 6.37. The van der Waals surface area contributed by atoms with E-state index in [-0.39, 0.29) is 6.04 Å². The van der Waals surface area contributed by atoms with Gasteiger partial charge in [0, 0.05) is 31.2 Å². The van der Waals surface area contributed by atoms with Gasteiger partial charge in [-0.05, 0) is 48.7 Å². The molecule has 0 saturated carbocycles. The molecule has 0 aliphatic heterocycles. The van der Waals surface area contributed by atoms with Crippen molar-refractivity contribution in [2.24, 2.45) is 0 Å². The molecule has 0 radical (unpaired) electrons. The number of pyridine rings is 1. The smallest absolute Gasteiger partial charge is 0.175 e. The van der Waals surface area contributed by atoms with E-state index < -0.39 is 9.84 Å². The number of nitrogens with zero attached hydrogens (tertiary/aromatic N) is 1. The van der Waals surface area contributed by atoms with E-state index in [9.17, 15) is 8.42 Å². The average Bonchev–Trinajstić information content (AvgIpc) is 2.45. The predicted molar refractivity (Wildman–Crippen MR) is 83.8 cm³/mol. The zero-order valence-electron chi connectivity index (χ0n) is 12.5. The van der Waals surface area contributed by atoms with Crippen LogP contribution in [0.15, 0.2) is 47.6 Å². The highest BCUT2D eigenvalue weighted by Crippen LogP contribution is 2.17. The minimum Gasteiger partial charge on any atom is -0.306 e. The molecule has 112 valence electrons. The number of rotatable bonds is 5. The van der Waals surface area contributed by atoms with Gasteiger partial charge < -0.3 is 5.32 Å². The van der Waals surface area contributed by atoms with Crippen LogP contribution in [0, 0.1) is 6.92 Å². The minimum atomic E-state index is -3.16. The molecule has 1 aromatic heterocycles. The molecule has 0 amide bonds. The molecule has 1 unspecified atom stereocenters. The van der Waals surface area contributed by atoms with Gasteiger partial charge in [0.25, 0.3) is 0 Å². The van der Waals surface area contributed by atoms with Crippen LogP contribution in [0.5, 0.6) is 0 Å². The van der Waals surface area contributed by atoms with Crippen LogP contribution in [-0.2, 0) is 16.4 Å². The van der Waals surface area contributed by atoms with Gasteiger partial charge in [-0.3, -0.25) is 4.98 Å². The summed E-state index contributed by atoms with van der Waals surface area (Å²) in [7, 11) is -3.16. The van der Waals surface area contributed by atoms with E-state index in [4.69, 9.17) is 0 Å². The number of benzene rings is 1. The fraction of sp³-hybridized carbons (Fsp3) is 0.312. The number of hydrogen-bond acceptors (Lipinski definition) is 4. The molecule has 2 aromatic rings. The third-order valence-electron chi connectivity index (χ3n) is 3.47. The van der Waals surface area contributed by atoms with Gasteiger partial charge in [-0.2, -0.15) is 0 Å². The van der Waals surface area contributed by atoms with E-state index in [0.717, 1.165) is 11.1 Å². The van der Waals surface area contributed by atoms with Gasteiger partial charge in [-0.1, -0.05) is 12.1 Å². The molecule has 21 heavy (non-hydrogen) atoms. The van der Waals surface area contributed by atoms with Gasteiger partial charge in [0.1, 0.15) is 0 Å². The quantitative estimate of drug-likeness (QED) is 0.922. The SMILES string of the molecule is Cc1cnccc1C(C)NCc1cccc(S(C)(=O)=O)c1. The number of nitrogens with one attached hydrogen (secondary N) is 1. The normalized spacial score (nSPS) is 13.1. The first-order valence-corrected chi connectivity index (χ1v) is 8.70. The zero-order valence-corrected chi connectivity index (χ0v) is 13.3. The van der Waals surface area contributed by atoms with Crippen LogP contribution >= 0.6 is 0 Å². The van der Waals surface area contributed by atoms with E-state index in [1.54, 1.807) is 24.4 Å². The number of hydrogen-bond donors (Lipinski definition) is 1. The topological polar surface area (TPSA) is 59.1 Å². The maximum Gasteiger partial charge on any atom is 0.175 e. The molecule has 0 bridgehead atoms. The molecule has 1 atom stereocenters. The van der Waals surface area contributed by atoms with Gasteiger partial charge >= 0.3 is 0 Å². The summed E-state index contributed by atoms with van der Waals surface area (Å²) in [6.45, 7) is 4.74. The first kappa shape index (κ1) is 15.7. The molecule has 4 nitrogen and oxygen atoms in total. The van der Waals surface area contributed by atoms with Crippen LogP contribution in [0.4, 0.5) is 0 Å². The van der Waals surface area contributed by atoms with Gasteiger partial charge in [-0.25, -0.2) is 8.42 Å². The number of aryl methyl sites for hydroxylation is 1. The van der Waals surface area contributed by atoms with Crippen molar-refractivity contribution in [3.05, 3.63) is 59.4 Å². The molecule has 0 aliphatic carbocycles. The maximum atomic E-state index is 11.6. The Bertz CT molecular complexity index is 727. The van der Waals surface area contributed by atoms with E-state index in [1.165, 1.54) is 11.8 Å². The average molecular weight is 304 g/mol. The molecular weight excluding hydrogens is 284 g/mol. The van der Waals surface area contributed by atoms with Gasteiger partial charge in [0.2, 0.25) is 0 Å². The lowest BCUT2D eigenvalue weighted by molar-refractivity contribution is 0.570. The van der Waals surface area contributed by atoms with Crippen molar-refractivity contribution in [2.75, 3.05) is 6.26 Å². The lowest BCUT2D eigenvalue weighted by Crippen LogP contribution is -2.19. The monoisotopic (exact) mass is 304 g/mol. The van der Waals surface area contributed by atoms with Crippen LogP contribution in [-0.4, -0.2) is 19.7 Å². The molecule has 0 saturated heterocycles. The molecule has 5 heteroatoms. The third kappa shape index (κ3) is 4.12. The van der Waals surface area contributed by atoms with E-state index >= 15 is 0 Å². The van der Waals surface area contributed by atoms with Gasteiger partial charge in [0.05, 0.1) is 4.90 Å². The maximum absolute atomic E-state index is 11.6. The van der Waals surface area contributed by atoms with Crippen LogP contribution in [0.1, 0.15) is 29.7 Å². The first-order chi connectivity index (χ1) is 9.88. The number of sulfone groups is 1. The summed E-state index contributed by atoms with van der Waals surface area (Å²) in [5, 5.41) is 3.41. The molecule has 0 spiro atoms. The van der Waals surface area contributed by atoms with Crippen LogP contribution in [0.2, 0.25) is 0 Å². The summed E-state index contributed by atoms with van der Waals surface area (Å²) in [5.74, 6) is 0. The highest BCUT2D eigenvalue weighted by molar-refractivity contribution is 7.90. The van der Waals surface area contributed by atoms with E-state index in [2.05, 4.69) is 17.2 Å². The predicted octanol–water partition coefficient (Wildman–Crippen LogP) is 2.64. The van der Waals surface area contributed by atoms with Crippen molar-refractivity contribution in [1.29, 1.82) is 0 Å². The summed E-state index contributed by atoms with van der Waals surface area (Å²) in [6.07, 6.45) is 4.85. The van der Waals surface area contributed by atoms with Crippen molar-refractivity contribution in [2.45, 2.75) is 31.3 Å². The van der Waals surface area contributed by atoms with E-state index in [1.807, 2.05) is 25.3 Å². The number of aromatic nitrogens is 1. The van der Waals surface area contributed by atoms with Crippen LogP contribution in [0.25, 0.3) is 0 Å². The third-order valence-corrected chi connectivity index (χ3v) is 4.58. The lowest BCUT2D eigenvalue weighted by Gasteiger charge is -2.16. The molecule has 0 aliphatic rings. The van der Waals surface area contributed by atoms with Crippen LogP contribution < -0.4 is 5.32 Å². The Kier molecular flexibility index (Phi) is 4.75. The Morgan fingerprint density at radius 1 is 1.29 bits per heavy atom. The summed E-state index contributed by atoms with van der Waals surface area (Å²) in [6, 6.07) is 9.21.